The predicted octanol–water partition coefficient (Wildman–Crippen LogP) is 3.75. The number of rotatable bonds is 1. The molecule has 0 spiro atoms. The summed E-state index contributed by atoms with van der Waals surface area (Å²) in [7, 11) is 0. The van der Waals surface area contributed by atoms with Crippen molar-refractivity contribution < 1.29 is 0 Å². The fraction of sp³-hybridized carbons (Fsp3) is 0.636. The largest absolute Gasteiger partial charge is 0.346 e. The van der Waals surface area contributed by atoms with E-state index >= 15 is 0 Å². The lowest BCUT2D eigenvalue weighted by Crippen LogP contribution is -2.23. The normalized spacial score (nSPS) is 30.3. The zero-order chi connectivity index (χ0) is 11.7. The van der Waals surface area contributed by atoms with Gasteiger partial charge in [0.05, 0.1) is 5.25 Å². The molecule has 2 rings (SSSR count). The molecule has 16 heavy (non-hydrogen) atoms. The van der Waals surface area contributed by atoms with Gasteiger partial charge in [-0.25, -0.2) is 4.98 Å². The van der Waals surface area contributed by atoms with E-state index in [2.05, 4.69) is 23.8 Å². The number of aryl methyl sites for hydroxylation is 1. The summed E-state index contributed by atoms with van der Waals surface area (Å²) in [6.45, 7) is 6.62. The third-order valence-corrected chi connectivity index (χ3v) is 6.36. The maximum Gasteiger partial charge on any atom is 0.130 e. The topological polar surface area (TPSA) is 28.7 Å². The fourth-order valence-corrected chi connectivity index (χ4v) is 4.82. The number of aromatic amines is 1. The Labute approximate surface area is 110 Å². The van der Waals surface area contributed by atoms with Gasteiger partial charge < -0.3 is 4.98 Å². The Morgan fingerprint density at radius 3 is 2.81 bits per heavy atom. The average Bonchev–Trinajstić information content (AvgIpc) is 2.20. The van der Waals surface area contributed by atoms with Crippen LogP contribution in [0.5, 0.6) is 0 Å². The minimum atomic E-state index is 0.456. The lowest BCUT2D eigenvalue weighted by Gasteiger charge is -2.30. The third kappa shape index (κ3) is 2.81. The molecule has 5 heteroatoms. The summed E-state index contributed by atoms with van der Waals surface area (Å²) in [5.41, 5.74) is 1.10. The number of nitrogens with one attached hydrogen (secondary N) is 1. The number of thioether (sulfide) groups is 2. The standard InChI is InChI=1S/C11H16N2S3/c1-6-4-10(14)13-11(12-6)9-5-15-7(2)8(3)16-9/h4,7-9H,5H2,1-3H3,(H,12,13,14). The number of hydrogen-bond donors (Lipinski definition) is 1. The first-order valence-corrected chi connectivity index (χ1v) is 7.81. The number of aromatic nitrogens is 2. The van der Waals surface area contributed by atoms with Crippen LogP contribution in [0.25, 0.3) is 0 Å². The van der Waals surface area contributed by atoms with Crippen molar-refractivity contribution in [2.45, 2.75) is 36.5 Å². The van der Waals surface area contributed by atoms with E-state index in [1.54, 1.807) is 0 Å². The van der Waals surface area contributed by atoms with E-state index in [4.69, 9.17) is 12.2 Å². The summed E-state index contributed by atoms with van der Waals surface area (Å²) in [5, 5.41) is 1.86. The van der Waals surface area contributed by atoms with E-state index in [-0.39, 0.29) is 0 Å². The summed E-state index contributed by atoms with van der Waals surface area (Å²) in [5.74, 6) is 2.17. The van der Waals surface area contributed by atoms with Crippen LogP contribution in [0.1, 0.15) is 30.6 Å². The Morgan fingerprint density at radius 1 is 1.44 bits per heavy atom. The van der Waals surface area contributed by atoms with Crippen molar-refractivity contribution in [3.8, 4) is 0 Å². The molecule has 0 radical (unpaired) electrons. The summed E-state index contributed by atoms with van der Waals surface area (Å²) in [4.78, 5) is 7.78. The van der Waals surface area contributed by atoms with Gasteiger partial charge in [-0.2, -0.15) is 11.8 Å². The quantitative estimate of drug-likeness (QED) is 0.788. The van der Waals surface area contributed by atoms with E-state index < -0.39 is 0 Å². The van der Waals surface area contributed by atoms with Crippen molar-refractivity contribution in [3.05, 3.63) is 22.2 Å². The monoisotopic (exact) mass is 272 g/mol. The molecule has 1 fully saturated rings. The zero-order valence-corrected chi connectivity index (χ0v) is 12.1. The molecule has 1 aliphatic rings. The maximum absolute atomic E-state index is 5.16. The van der Waals surface area contributed by atoms with Crippen molar-refractivity contribution in [1.29, 1.82) is 0 Å². The molecule has 88 valence electrons. The van der Waals surface area contributed by atoms with E-state index in [9.17, 15) is 0 Å². The summed E-state index contributed by atoms with van der Waals surface area (Å²) in [6.07, 6.45) is 0. The molecule has 1 N–H and O–H groups in total. The highest BCUT2D eigenvalue weighted by atomic mass is 32.2. The maximum atomic E-state index is 5.16. The van der Waals surface area contributed by atoms with Gasteiger partial charge in [-0.15, -0.1) is 11.8 Å². The Balaban J connectivity index is 2.21. The molecule has 3 atom stereocenters. The Hall–Kier alpha value is -0.0000000000000000555. The highest BCUT2D eigenvalue weighted by molar-refractivity contribution is 8.07. The van der Waals surface area contributed by atoms with Crippen LogP contribution in [-0.2, 0) is 0 Å². The van der Waals surface area contributed by atoms with Crippen LogP contribution < -0.4 is 0 Å². The number of hydrogen-bond acceptors (Lipinski definition) is 4. The number of H-pyrrole nitrogens is 1. The van der Waals surface area contributed by atoms with Gasteiger partial charge in [0.1, 0.15) is 10.5 Å². The van der Waals surface area contributed by atoms with Crippen molar-refractivity contribution in [2.24, 2.45) is 0 Å². The van der Waals surface area contributed by atoms with Crippen molar-refractivity contribution in [3.63, 3.8) is 0 Å². The minimum absolute atomic E-state index is 0.456. The molecule has 0 aliphatic carbocycles. The molecule has 0 amide bonds. The Morgan fingerprint density at radius 2 is 2.19 bits per heavy atom. The van der Waals surface area contributed by atoms with E-state index in [0.29, 0.717) is 15.1 Å². The molecule has 0 bridgehead atoms. The number of nitrogens with zero attached hydrogens (tertiary/aromatic N) is 1. The van der Waals surface area contributed by atoms with Crippen LogP contribution in [0.3, 0.4) is 0 Å². The van der Waals surface area contributed by atoms with E-state index in [0.717, 1.165) is 22.5 Å². The summed E-state index contributed by atoms with van der Waals surface area (Å²) < 4.78 is 0.697. The Bertz CT molecular complexity index is 429. The fourth-order valence-electron chi connectivity index (χ4n) is 1.68. The molecule has 3 unspecified atom stereocenters. The second-order valence-electron chi connectivity index (χ2n) is 4.16. The van der Waals surface area contributed by atoms with Crippen LogP contribution in [-0.4, -0.2) is 26.2 Å². The summed E-state index contributed by atoms with van der Waals surface area (Å²) in [6, 6.07) is 1.91. The second-order valence-corrected chi connectivity index (χ2v) is 7.57. The molecule has 1 aromatic rings. The lowest BCUT2D eigenvalue weighted by molar-refractivity contribution is 0.849. The molecule has 0 saturated carbocycles. The van der Waals surface area contributed by atoms with Gasteiger partial charge in [-0.3, -0.25) is 0 Å². The van der Waals surface area contributed by atoms with Gasteiger partial charge in [0.15, 0.2) is 0 Å². The van der Waals surface area contributed by atoms with Crippen molar-refractivity contribution >= 4 is 35.7 Å². The predicted molar refractivity (Wildman–Crippen MR) is 75.9 cm³/mol. The molecule has 1 aromatic heterocycles. The Kier molecular flexibility index (Phi) is 3.97. The van der Waals surface area contributed by atoms with Crippen LogP contribution in [0.2, 0.25) is 0 Å². The lowest BCUT2D eigenvalue weighted by atomic mass is 10.3. The first-order chi connectivity index (χ1) is 7.56. The van der Waals surface area contributed by atoms with Gasteiger partial charge in [-0.05, 0) is 13.0 Å². The molecular weight excluding hydrogens is 256 g/mol. The van der Waals surface area contributed by atoms with E-state index in [1.165, 1.54) is 0 Å². The van der Waals surface area contributed by atoms with Crippen LogP contribution in [0.15, 0.2) is 6.07 Å². The third-order valence-electron chi connectivity index (χ3n) is 2.75. The molecule has 0 aromatic carbocycles. The smallest absolute Gasteiger partial charge is 0.130 e. The van der Waals surface area contributed by atoms with Crippen molar-refractivity contribution in [2.75, 3.05) is 5.75 Å². The first kappa shape index (κ1) is 12.5. The summed E-state index contributed by atoms with van der Waals surface area (Å²) >= 11 is 9.19. The molecule has 2 heterocycles. The second kappa shape index (κ2) is 5.10. The van der Waals surface area contributed by atoms with Gasteiger partial charge in [0.25, 0.3) is 0 Å². The van der Waals surface area contributed by atoms with E-state index in [1.807, 2.05) is 36.5 Å². The van der Waals surface area contributed by atoms with Gasteiger partial charge in [-0.1, -0.05) is 26.1 Å². The first-order valence-electron chi connectivity index (χ1n) is 5.41. The molecule has 2 nitrogen and oxygen atoms in total. The van der Waals surface area contributed by atoms with Gasteiger partial charge in [0.2, 0.25) is 0 Å². The zero-order valence-electron chi connectivity index (χ0n) is 9.69. The van der Waals surface area contributed by atoms with Crippen molar-refractivity contribution in [1.82, 2.24) is 9.97 Å². The van der Waals surface area contributed by atoms with Crippen LogP contribution >= 0.6 is 35.7 Å². The molecule has 1 aliphatic heterocycles. The minimum Gasteiger partial charge on any atom is -0.346 e. The highest BCUT2D eigenvalue weighted by Gasteiger charge is 2.27. The van der Waals surface area contributed by atoms with Gasteiger partial charge in [0, 0.05) is 21.9 Å². The SMILES string of the molecule is Cc1cc(=S)nc(C2CSC(C)C(C)S2)[nH]1. The average molecular weight is 272 g/mol. The molecular formula is C11H16N2S3. The van der Waals surface area contributed by atoms with Crippen LogP contribution in [0.4, 0.5) is 0 Å². The molecule has 1 saturated heterocycles. The highest BCUT2D eigenvalue weighted by Crippen LogP contribution is 2.43. The van der Waals surface area contributed by atoms with Crippen LogP contribution in [0, 0.1) is 11.6 Å². The van der Waals surface area contributed by atoms with Gasteiger partial charge >= 0.3 is 0 Å².